The van der Waals surface area contributed by atoms with Gasteiger partial charge in [0.2, 0.25) is 0 Å². The second-order valence-corrected chi connectivity index (χ2v) is 22.3. The zero-order valence-electron chi connectivity index (χ0n) is 19.4. The molecule has 0 fully saturated rings. The van der Waals surface area contributed by atoms with E-state index in [1.165, 1.54) is 57.4 Å². The van der Waals surface area contributed by atoms with Crippen LogP contribution in [0.4, 0.5) is 0 Å². The van der Waals surface area contributed by atoms with Crippen molar-refractivity contribution in [2.45, 2.75) is 79.0 Å². The van der Waals surface area contributed by atoms with Crippen LogP contribution in [0.1, 0.15) is 91.1 Å². The average Bonchev–Trinajstić information content (AvgIpc) is 3.08. The van der Waals surface area contributed by atoms with Gasteiger partial charge in [-0.2, -0.15) is 0 Å². The summed E-state index contributed by atoms with van der Waals surface area (Å²) in [6, 6.07) is 14.9. The third kappa shape index (κ3) is 5.60. The molecule has 1 N–H and O–H groups in total. The fourth-order valence-electron chi connectivity index (χ4n) is 5.02. The van der Waals surface area contributed by atoms with Gasteiger partial charge in [0.1, 0.15) is 0 Å². The number of carbonyl (C=O) groups is 2. The number of hydrogen-bond acceptors (Lipinski definition) is 2. The fraction of sp³-hybridized carbons (Fsp3) is 0.481. The Morgan fingerprint density at radius 2 is 1.39 bits per heavy atom. The maximum absolute atomic E-state index is 12.3. The van der Waals surface area contributed by atoms with E-state index in [9.17, 15) is 9.59 Å². The fourth-order valence-corrected chi connectivity index (χ4v) is 21.1. The van der Waals surface area contributed by atoms with E-state index in [1.807, 2.05) is 12.1 Å². The first-order valence-electron chi connectivity index (χ1n) is 12.1. The van der Waals surface area contributed by atoms with E-state index in [1.54, 1.807) is 9.65 Å². The van der Waals surface area contributed by atoms with E-state index in [2.05, 4.69) is 50.4 Å². The summed E-state index contributed by atoms with van der Waals surface area (Å²) in [6.07, 6.45) is 8.57. The van der Waals surface area contributed by atoms with Crippen LogP contribution < -0.4 is 8.90 Å². The molecule has 0 radical (unpaired) electrons. The number of carbonyl (C=O) groups excluding carboxylic acids is 2. The van der Waals surface area contributed by atoms with Crippen LogP contribution in [0, 0.1) is 0 Å². The van der Waals surface area contributed by atoms with Gasteiger partial charge in [-0.25, -0.2) is 0 Å². The molecule has 0 aromatic heterocycles. The quantitative estimate of drug-likeness (QED) is 0.264. The van der Waals surface area contributed by atoms with Gasteiger partial charge in [-0.1, -0.05) is 0 Å². The van der Waals surface area contributed by atoms with Crippen molar-refractivity contribution in [2.75, 3.05) is 0 Å². The molecule has 0 aliphatic carbocycles. The zero-order valence-corrected chi connectivity index (χ0v) is 22.3. The molecular weight excluding hydrogens is 489 g/mol. The minimum absolute atomic E-state index is 0.255. The summed E-state index contributed by atoms with van der Waals surface area (Å²) in [5.41, 5.74) is 3.30. The van der Waals surface area contributed by atoms with Crippen LogP contribution in [0.15, 0.2) is 42.5 Å². The summed E-state index contributed by atoms with van der Waals surface area (Å²) in [5, 5.41) is 2.45. The van der Waals surface area contributed by atoms with Gasteiger partial charge in [0.05, 0.1) is 0 Å². The number of benzene rings is 2. The van der Waals surface area contributed by atoms with Crippen LogP contribution in [-0.4, -0.2) is 30.2 Å². The van der Waals surface area contributed by atoms with Gasteiger partial charge in [0, 0.05) is 0 Å². The summed E-state index contributed by atoms with van der Waals surface area (Å²) < 4.78 is 6.01. The molecule has 0 bridgehead atoms. The van der Waals surface area contributed by atoms with Crippen LogP contribution in [0.25, 0.3) is 0 Å². The Morgan fingerprint density at radius 3 is 2.00 bits per heavy atom. The van der Waals surface area contributed by atoms with Crippen molar-refractivity contribution in [2.24, 2.45) is 0 Å². The molecular formula is C27H37NO2Sn. The van der Waals surface area contributed by atoms with Crippen LogP contribution in [0.5, 0.6) is 0 Å². The molecule has 0 atom stereocenters. The van der Waals surface area contributed by atoms with Crippen molar-refractivity contribution >= 4 is 33.8 Å². The molecule has 3 rings (SSSR count). The van der Waals surface area contributed by atoms with Crippen molar-refractivity contribution in [3.05, 3.63) is 64.7 Å². The van der Waals surface area contributed by atoms with Gasteiger partial charge < -0.3 is 0 Å². The maximum atomic E-state index is 12.3. The van der Waals surface area contributed by atoms with E-state index >= 15 is 0 Å². The van der Waals surface area contributed by atoms with E-state index in [4.69, 9.17) is 0 Å². The van der Waals surface area contributed by atoms with Crippen LogP contribution in [-0.2, 0) is 6.42 Å². The molecule has 2 aromatic carbocycles. The molecule has 0 saturated heterocycles. The van der Waals surface area contributed by atoms with Gasteiger partial charge in [-0.05, 0) is 0 Å². The topological polar surface area (TPSA) is 46.2 Å². The minimum atomic E-state index is -2.48. The Bertz CT molecular complexity index is 899. The molecule has 0 spiro atoms. The van der Waals surface area contributed by atoms with Gasteiger partial charge in [-0.15, -0.1) is 0 Å². The Hall–Kier alpha value is -1.62. The third-order valence-electron chi connectivity index (χ3n) is 6.81. The van der Waals surface area contributed by atoms with Gasteiger partial charge in [-0.3, -0.25) is 0 Å². The Morgan fingerprint density at radius 1 is 0.774 bits per heavy atom. The predicted octanol–water partition coefficient (Wildman–Crippen LogP) is 6.22. The molecule has 1 aliphatic rings. The molecule has 4 heteroatoms. The Balaban J connectivity index is 1.95. The van der Waals surface area contributed by atoms with Crippen molar-refractivity contribution in [3.8, 4) is 0 Å². The number of hydrogen-bond donors (Lipinski definition) is 1. The van der Waals surface area contributed by atoms with Gasteiger partial charge in [0.25, 0.3) is 0 Å². The molecule has 3 nitrogen and oxygen atoms in total. The first-order valence-corrected chi connectivity index (χ1v) is 19.6. The monoisotopic (exact) mass is 527 g/mol. The van der Waals surface area contributed by atoms with Crippen molar-refractivity contribution in [1.82, 2.24) is 5.32 Å². The summed E-state index contributed by atoms with van der Waals surface area (Å²) in [5.74, 6) is -0.529. The van der Waals surface area contributed by atoms with Crippen molar-refractivity contribution < 1.29 is 9.59 Å². The molecule has 1 heterocycles. The SMILES string of the molecule is CCC[CH2][Sn]([CH2]CCC)([CH2]CCC)[c]1cccc(Cc2cccc3c2C(=O)NC3=O)c1. The first-order chi connectivity index (χ1) is 15.0. The second kappa shape index (κ2) is 11.3. The number of rotatable bonds is 12. The van der Waals surface area contributed by atoms with Gasteiger partial charge in [0.15, 0.2) is 0 Å². The predicted molar refractivity (Wildman–Crippen MR) is 132 cm³/mol. The zero-order chi connectivity index (χ0) is 22.3. The van der Waals surface area contributed by atoms with E-state index in [0.29, 0.717) is 17.5 Å². The van der Waals surface area contributed by atoms with Gasteiger partial charge >= 0.3 is 192 Å². The Kier molecular flexibility index (Phi) is 8.76. The number of nitrogens with one attached hydrogen (secondary N) is 1. The molecule has 1 aliphatic heterocycles. The molecule has 0 saturated carbocycles. The molecule has 0 unspecified atom stereocenters. The van der Waals surface area contributed by atoms with Crippen LogP contribution >= 0.6 is 0 Å². The number of imide groups is 1. The molecule has 2 amide bonds. The van der Waals surface area contributed by atoms with Crippen LogP contribution in [0.2, 0.25) is 13.3 Å². The van der Waals surface area contributed by atoms with E-state index in [-0.39, 0.29) is 11.8 Å². The number of unbranched alkanes of at least 4 members (excludes halogenated alkanes) is 3. The third-order valence-corrected chi connectivity index (χ3v) is 22.4. The summed E-state index contributed by atoms with van der Waals surface area (Å²) in [4.78, 5) is 24.4. The normalized spacial score (nSPS) is 13.4. The first kappa shape index (κ1) is 24.0. The molecule has 2 aromatic rings. The summed E-state index contributed by atoms with van der Waals surface area (Å²) in [7, 11) is 0. The van der Waals surface area contributed by atoms with Crippen LogP contribution in [0.3, 0.4) is 0 Å². The molecule has 31 heavy (non-hydrogen) atoms. The Labute approximate surface area is 191 Å². The second-order valence-electron chi connectivity index (χ2n) is 9.09. The summed E-state index contributed by atoms with van der Waals surface area (Å²) >= 11 is -2.48. The van der Waals surface area contributed by atoms with E-state index in [0.717, 1.165) is 5.56 Å². The number of fused-ring (bicyclic) bond motifs is 1. The van der Waals surface area contributed by atoms with Crippen molar-refractivity contribution in [3.63, 3.8) is 0 Å². The summed E-state index contributed by atoms with van der Waals surface area (Å²) in [6.45, 7) is 6.94. The standard InChI is InChI=1S/C15H10NO2.3C4H9.Sn/c17-14-12-8-4-7-11(13(12)15(18)16-14)9-10-5-2-1-3-6-10;3*1-3-4-2;/h1-2,4-8H,9H2,(H,16,17,18);3*1,3-4H2,2H3;. The average molecular weight is 526 g/mol. The number of amides is 2. The van der Waals surface area contributed by atoms with E-state index < -0.39 is 18.4 Å². The van der Waals surface area contributed by atoms with Crippen molar-refractivity contribution in [1.29, 1.82) is 0 Å². The molecule has 166 valence electrons.